The predicted molar refractivity (Wildman–Crippen MR) is 100 cm³/mol. The highest BCUT2D eigenvalue weighted by molar-refractivity contribution is 6.02. The van der Waals surface area contributed by atoms with Crippen LogP contribution in [0.4, 0.5) is 0 Å². The number of aryl methyl sites for hydroxylation is 1. The van der Waals surface area contributed by atoms with Gasteiger partial charge in [-0.05, 0) is 31.4 Å². The normalized spacial score (nSPS) is 10.7. The number of amides is 1. The fourth-order valence-electron chi connectivity index (χ4n) is 3.17. The van der Waals surface area contributed by atoms with Crippen LogP contribution in [0.5, 0.6) is 0 Å². The molecule has 26 heavy (non-hydrogen) atoms. The van der Waals surface area contributed by atoms with Gasteiger partial charge in [0.05, 0.1) is 18.4 Å². The number of imidazole rings is 1. The van der Waals surface area contributed by atoms with Crippen LogP contribution in [0, 0.1) is 6.92 Å². The minimum Gasteiger partial charge on any atom is -0.354 e. The summed E-state index contributed by atoms with van der Waals surface area (Å²) in [6.07, 6.45) is 2.36. The molecule has 0 aliphatic carbocycles. The van der Waals surface area contributed by atoms with E-state index >= 15 is 0 Å². The molecule has 1 aromatic carbocycles. The summed E-state index contributed by atoms with van der Waals surface area (Å²) in [6.45, 7) is 5.54. The number of hydrogen-bond acceptors (Lipinski definition) is 3. The van der Waals surface area contributed by atoms with Gasteiger partial charge in [0.1, 0.15) is 11.5 Å². The number of nitrogens with one attached hydrogen (secondary N) is 3. The average molecular weight is 350 g/mol. The van der Waals surface area contributed by atoms with Gasteiger partial charge in [0, 0.05) is 11.3 Å². The first kappa shape index (κ1) is 17.7. The molecule has 0 spiro atoms. The molecule has 0 saturated carbocycles. The summed E-state index contributed by atoms with van der Waals surface area (Å²) in [7, 11) is 0. The molecule has 0 unspecified atom stereocenters. The lowest BCUT2D eigenvalue weighted by atomic mass is 10.0. The maximum atomic E-state index is 12.6. The Bertz CT molecular complexity index is 938. The van der Waals surface area contributed by atoms with E-state index in [0.717, 1.165) is 22.5 Å². The first-order valence-corrected chi connectivity index (χ1v) is 8.61. The van der Waals surface area contributed by atoms with Gasteiger partial charge in [0.15, 0.2) is 5.78 Å². The fourth-order valence-corrected chi connectivity index (χ4v) is 3.17. The lowest BCUT2D eigenvalue weighted by Gasteiger charge is -2.05. The van der Waals surface area contributed by atoms with E-state index in [1.54, 1.807) is 6.20 Å². The number of nitrogens with zero attached hydrogens (tertiary/aromatic N) is 1. The number of Topliss-reactive ketones (excluding diaryl/α,β-unsaturated/α-hetero) is 1. The van der Waals surface area contributed by atoms with Gasteiger partial charge in [-0.1, -0.05) is 37.3 Å². The van der Waals surface area contributed by atoms with E-state index in [-0.39, 0.29) is 18.2 Å². The smallest absolute Gasteiger partial charge is 0.268 e. The number of ketones is 1. The third-order valence-electron chi connectivity index (χ3n) is 4.35. The molecule has 134 valence electrons. The van der Waals surface area contributed by atoms with Crippen LogP contribution in [0.15, 0.2) is 36.5 Å². The summed E-state index contributed by atoms with van der Waals surface area (Å²) >= 11 is 0. The minimum absolute atomic E-state index is 0.0341. The average Bonchev–Trinajstić information content (AvgIpc) is 3.24. The van der Waals surface area contributed by atoms with Gasteiger partial charge in [-0.15, -0.1) is 0 Å². The molecule has 0 atom stereocenters. The maximum Gasteiger partial charge on any atom is 0.268 e. The van der Waals surface area contributed by atoms with Crippen molar-refractivity contribution in [1.29, 1.82) is 0 Å². The van der Waals surface area contributed by atoms with Gasteiger partial charge in [0.25, 0.3) is 5.91 Å². The van der Waals surface area contributed by atoms with Gasteiger partial charge < -0.3 is 15.3 Å². The van der Waals surface area contributed by atoms with Crippen molar-refractivity contribution in [2.24, 2.45) is 0 Å². The van der Waals surface area contributed by atoms with Crippen LogP contribution < -0.4 is 5.32 Å². The first-order valence-electron chi connectivity index (χ1n) is 8.61. The Morgan fingerprint density at radius 1 is 1.15 bits per heavy atom. The van der Waals surface area contributed by atoms with Crippen molar-refractivity contribution in [3.05, 3.63) is 64.9 Å². The second kappa shape index (κ2) is 7.39. The molecule has 6 heteroatoms. The van der Waals surface area contributed by atoms with Crippen LogP contribution in [0.1, 0.15) is 51.8 Å². The molecule has 3 N–H and O–H groups in total. The van der Waals surface area contributed by atoms with Crippen LogP contribution in [-0.2, 0) is 13.0 Å². The Hall–Kier alpha value is -3.15. The van der Waals surface area contributed by atoms with Crippen molar-refractivity contribution in [1.82, 2.24) is 20.3 Å². The van der Waals surface area contributed by atoms with Crippen LogP contribution >= 0.6 is 0 Å². The monoisotopic (exact) mass is 350 g/mol. The predicted octanol–water partition coefficient (Wildman–Crippen LogP) is 3.41. The molecule has 0 aliphatic rings. The highest BCUT2D eigenvalue weighted by Gasteiger charge is 2.21. The van der Waals surface area contributed by atoms with E-state index in [2.05, 4.69) is 20.3 Å². The number of aromatic amines is 2. The highest BCUT2D eigenvalue weighted by atomic mass is 16.2. The number of aromatic nitrogens is 3. The molecule has 0 saturated heterocycles. The third kappa shape index (κ3) is 3.44. The highest BCUT2D eigenvalue weighted by Crippen LogP contribution is 2.20. The Kier molecular flexibility index (Phi) is 5.02. The molecule has 0 aliphatic heterocycles. The number of benzene rings is 1. The summed E-state index contributed by atoms with van der Waals surface area (Å²) < 4.78 is 0. The summed E-state index contributed by atoms with van der Waals surface area (Å²) in [5.74, 6) is 0.397. The van der Waals surface area contributed by atoms with Gasteiger partial charge in [-0.25, -0.2) is 4.98 Å². The molecular formula is C20H22N4O2. The first-order chi connectivity index (χ1) is 12.5. The largest absolute Gasteiger partial charge is 0.354 e. The second-order valence-corrected chi connectivity index (χ2v) is 6.18. The lowest BCUT2D eigenvalue weighted by Crippen LogP contribution is -2.25. The van der Waals surface area contributed by atoms with Crippen molar-refractivity contribution >= 4 is 11.7 Å². The molecule has 3 aromatic rings. The van der Waals surface area contributed by atoms with Crippen LogP contribution in [0.2, 0.25) is 0 Å². The topological polar surface area (TPSA) is 90.6 Å². The molecule has 2 heterocycles. The van der Waals surface area contributed by atoms with Gasteiger partial charge in [-0.2, -0.15) is 0 Å². The van der Waals surface area contributed by atoms with E-state index in [1.165, 1.54) is 6.92 Å². The summed E-state index contributed by atoms with van der Waals surface area (Å²) in [5, 5.41) is 2.86. The zero-order valence-corrected chi connectivity index (χ0v) is 15.1. The Morgan fingerprint density at radius 3 is 2.54 bits per heavy atom. The van der Waals surface area contributed by atoms with Crippen molar-refractivity contribution in [3.63, 3.8) is 0 Å². The van der Waals surface area contributed by atoms with Crippen molar-refractivity contribution < 1.29 is 9.59 Å². The van der Waals surface area contributed by atoms with Gasteiger partial charge >= 0.3 is 0 Å². The lowest BCUT2D eigenvalue weighted by molar-refractivity contribution is 0.0944. The Labute approximate surface area is 152 Å². The fraction of sp³-hybridized carbons (Fsp3) is 0.250. The molecule has 2 aromatic heterocycles. The molecule has 1 amide bonds. The van der Waals surface area contributed by atoms with Crippen LogP contribution in [0.3, 0.4) is 0 Å². The number of H-pyrrole nitrogens is 2. The standard InChI is InChI=1S/C20H22N4O2/c1-4-15-18(13(3)25)12(2)23-19(15)20(26)22-11-17-21-10-16(24-17)14-8-6-5-7-9-14/h5-10,23H,4,11H2,1-3H3,(H,21,24)(H,22,26). The number of hydrogen-bond donors (Lipinski definition) is 3. The van der Waals surface area contributed by atoms with Crippen LogP contribution in [-0.4, -0.2) is 26.6 Å². The quantitative estimate of drug-likeness (QED) is 0.595. The molecule has 0 radical (unpaired) electrons. The van der Waals surface area contributed by atoms with E-state index in [4.69, 9.17) is 0 Å². The third-order valence-corrected chi connectivity index (χ3v) is 4.35. The molecule has 3 rings (SSSR count). The van der Waals surface area contributed by atoms with E-state index in [0.29, 0.717) is 23.5 Å². The Balaban J connectivity index is 1.73. The molecule has 0 fully saturated rings. The number of carbonyl (C=O) groups is 2. The van der Waals surface area contributed by atoms with Crippen LogP contribution in [0.25, 0.3) is 11.3 Å². The van der Waals surface area contributed by atoms with Crippen molar-refractivity contribution in [2.75, 3.05) is 0 Å². The summed E-state index contributed by atoms with van der Waals surface area (Å²) in [6, 6.07) is 9.87. The van der Waals surface area contributed by atoms with Crippen molar-refractivity contribution in [3.8, 4) is 11.3 Å². The number of carbonyl (C=O) groups excluding carboxylic acids is 2. The Morgan fingerprint density at radius 2 is 1.88 bits per heavy atom. The van der Waals surface area contributed by atoms with E-state index in [9.17, 15) is 9.59 Å². The van der Waals surface area contributed by atoms with Gasteiger partial charge in [-0.3, -0.25) is 9.59 Å². The van der Waals surface area contributed by atoms with E-state index in [1.807, 2.05) is 44.2 Å². The zero-order valence-electron chi connectivity index (χ0n) is 15.1. The summed E-state index contributed by atoms with van der Waals surface area (Å²) in [4.78, 5) is 35.0. The van der Waals surface area contributed by atoms with E-state index < -0.39 is 0 Å². The second-order valence-electron chi connectivity index (χ2n) is 6.18. The molecular weight excluding hydrogens is 328 g/mol. The summed E-state index contributed by atoms with van der Waals surface area (Å²) in [5.41, 5.74) is 4.49. The zero-order chi connectivity index (χ0) is 18.7. The van der Waals surface area contributed by atoms with Crippen molar-refractivity contribution in [2.45, 2.75) is 33.7 Å². The minimum atomic E-state index is -0.241. The maximum absolute atomic E-state index is 12.6. The molecule has 6 nitrogen and oxygen atoms in total. The molecule has 0 bridgehead atoms. The van der Waals surface area contributed by atoms with Gasteiger partial charge in [0.2, 0.25) is 0 Å². The number of rotatable bonds is 6. The SMILES string of the molecule is CCc1c(C(=O)NCc2ncc(-c3ccccc3)[nH]2)[nH]c(C)c1C(C)=O.